The van der Waals surface area contributed by atoms with Crippen LogP contribution >= 0.6 is 11.6 Å². The highest BCUT2D eigenvalue weighted by Crippen LogP contribution is 2.20. The molecule has 25 heavy (non-hydrogen) atoms. The number of nitrogens with two attached hydrogens (primary N) is 1. The molecule has 0 aliphatic carbocycles. The molecule has 0 bridgehead atoms. The maximum atomic E-state index is 13.5. The molecule has 0 spiro atoms. The number of carbonyl (C=O) groups excluding carboxylic acids is 1. The van der Waals surface area contributed by atoms with Crippen LogP contribution in [-0.2, 0) is 16.2 Å². The fourth-order valence-electron chi connectivity index (χ4n) is 1.94. The molecule has 132 valence electrons. The average molecular weight is 366 g/mol. The molecule has 2 aromatic rings. The standard InChI is InChI=1S/C17H17ClFN3O3/c1-24-15-7-6-11(8-13(15)19)10-25-22-16(20)9-17(23)21-14-5-3-2-4-12(14)18/h2-8H,9-10H2,1H3,(H2,20,22)(H,21,23). The maximum absolute atomic E-state index is 13.5. The highest BCUT2D eigenvalue weighted by molar-refractivity contribution is 6.33. The van der Waals surface area contributed by atoms with Gasteiger partial charge in [0, 0.05) is 0 Å². The monoisotopic (exact) mass is 365 g/mol. The Labute approximate surface area is 149 Å². The van der Waals surface area contributed by atoms with Crippen molar-refractivity contribution in [1.29, 1.82) is 0 Å². The second kappa shape index (κ2) is 8.89. The normalized spacial score (nSPS) is 11.1. The Morgan fingerprint density at radius 2 is 2.08 bits per heavy atom. The summed E-state index contributed by atoms with van der Waals surface area (Å²) in [6, 6.07) is 11.2. The number of hydrogen-bond acceptors (Lipinski definition) is 4. The first-order valence-electron chi connectivity index (χ1n) is 7.30. The van der Waals surface area contributed by atoms with Gasteiger partial charge in [-0.1, -0.05) is 35.0 Å². The Morgan fingerprint density at radius 1 is 1.32 bits per heavy atom. The van der Waals surface area contributed by atoms with E-state index in [4.69, 9.17) is 26.9 Å². The second-order valence-electron chi connectivity index (χ2n) is 5.03. The van der Waals surface area contributed by atoms with Crippen molar-refractivity contribution in [3.63, 3.8) is 0 Å². The Bertz CT molecular complexity index is 783. The Hall–Kier alpha value is -2.80. The first-order chi connectivity index (χ1) is 12.0. The molecule has 0 aliphatic heterocycles. The SMILES string of the molecule is COc1ccc(CO/N=C(/N)CC(=O)Nc2ccccc2Cl)cc1F. The van der Waals surface area contributed by atoms with Gasteiger partial charge >= 0.3 is 0 Å². The lowest BCUT2D eigenvalue weighted by atomic mass is 10.2. The van der Waals surface area contributed by atoms with Crippen LogP contribution in [0.1, 0.15) is 12.0 Å². The Kier molecular flexibility index (Phi) is 6.59. The van der Waals surface area contributed by atoms with E-state index < -0.39 is 5.82 Å². The number of benzene rings is 2. The number of amidine groups is 1. The van der Waals surface area contributed by atoms with Gasteiger partial charge in [0.05, 0.1) is 24.2 Å². The zero-order chi connectivity index (χ0) is 18.2. The summed E-state index contributed by atoms with van der Waals surface area (Å²) in [5.41, 5.74) is 6.68. The van der Waals surface area contributed by atoms with Gasteiger partial charge < -0.3 is 20.6 Å². The van der Waals surface area contributed by atoms with Crippen LogP contribution in [-0.4, -0.2) is 18.9 Å². The molecule has 0 saturated carbocycles. The summed E-state index contributed by atoms with van der Waals surface area (Å²) in [7, 11) is 1.38. The quantitative estimate of drug-likeness (QED) is 0.448. The van der Waals surface area contributed by atoms with Crippen LogP contribution in [0.3, 0.4) is 0 Å². The van der Waals surface area contributed by atoms with Gasteiger partial charge in [0.25, 0.3) is 0 Å². The van der Waals surface area contributed by atoms with Crippen molar-refractivity contribution in [3.05, 3.63) is 58.9 Å². The smallest absolute Gasteiger partial charge is 0.232 e. The Morgan fingerprint density at radius 3 is 2.76 bits per heavy atom. The summed E-state index contributed by atoms with van der Waals surface area (Å²) in [4.78, 5) is 16.9. The van der Waals surface area contributed by atoms with Crippen LogP contribution in [0.15, 0.2) is 47.6 Å². The Balaban J connectivity index is 1.84. The average Bonchev–Trinajstić information content (AvgIpc) is 2.57. The minimum absolute atomic E-state index is 0.00769. The number of amides is 1. The van der Waals surface area contributed by atoms with E-state index in [0.29, 0.717) is 16.3 Å². The van der Waals surface area contributed by atoms with Crippen LogP contribution in [0.4, 0.5) is 10.1 Å². The van der Waals surface area contributed by atoms with E-state index in [-0.39, 0.29) is 30.5 Å². The lowest BCUT2D eigenvalue weighted by Crippen LogP contribution is -2.22. The third-order valence-corrected chi connectivity index (χ3v) is 3.45. The molecule has 0 saturated heterocycles. The first-order valence-corrected chi connectivity index (χ1v) is 7.68. The number of para-hydroxylation sites is 1. The lowest BCUT2D eigenvalue weighted by Gasteiger charge is -2.07. The van der Waals surface area contributed by atoms with Crippen LogP contribution in [0.2, 0.25) is 5.02 Å². The minimum atomic E-state index is -0.500. The van der Waals surface area contributed by atoms with Crippen molar-refractivity contribution < 1.29 is 18.8 Å². The van der Waals surface area contributed by atoms with Gasteiger partial charge in [0.15, 0.2) is 11.6 Å². The molecule has 2 aromatic carbocycles. The van der Waals surface area contributed by atoms with E-state index >= 15 is 0 Å². The van der Waals surface area contributed by atoms with Gasteiger partial charge in [-0.3, -0.25) is 4.79 Å². The molecule has 0 atom stereocenters. The topological polar surface area (TPSA) is 85.9 Å². The van der Waals surface area contributed by atoms with Gasteiger partial charge in [0.2, 0.25) is 5.91 Å². The number of nitrogens with one attached hydrogen (secondary N) is 1. The molecule has 1 amide bonds. The summed E-state index contributed by atoms with van der Waals surface area (Å²) < 4.78 is 18.4. The summed E-state index contributed by atoms with van der Waals surface area (Å²) in [6.07, 6.45) is -0.164. The molecular weight excluding hydrogens is 349 g/mol. The van der Waals surface area contributed by atoms with Crippen LogP contribution < -0.4 is 15.8 Å². The van der Waals surface area contributed by atoms with Crippen molar-refractivity contribution >= 4 is 29.0 Å². The first kappa shape index (κ1) is 18.5. The van der Waals surface area contributed by atoms with Crippen LogP contribution in [0.25, 0.3) is 0 Å². The molecule has 3 N–H and O–H groups in total. The molecule has 0 aromatic heterocycles. The lowest BCUT2D eigenvalue weighted by molar-refractivity contribution is -0.115. The predicted molar refractivity (Wildman–Crippen MR) is 94.1 cm³/mol. The fraction of sp³-hybridized carbons (Fsp3) is 0.176. The molecule has 6 nitrogen and oxygen atoms in total. The fourth-order valence-corrected chi connectivity index (χ4v) is 2.13. The maximum Gasteiger partial charge on any atom is 0.232 e. The number of halogens is 2. The zero-order valence-corrected chi connectivity index (χ0v) is 14.2. The third kappa shape index (κ3) is 5.65. The number of rotatable bonds is 7. The van der Waals surface area contributed by atoms with Crippen molar-refractivity contribution in [1.82, 2.24) is 0 Å². The van der Waals surface area contributed by atoms with Crippen LogP contribution in [0, 0.1) is 5.82 Å². The summed E-state index contributed by atoms with van der Waals surface area (Å²) in [5, 5.41) is 6.68. The van der Waals surface area contributed by atoms with E-state index in [1.165, 1.54) is 19.2 Å². The summed E-state index contributed by atoms with van der Waals surface area (Å²) in [6.45, 7) is 0.00769. The predicted octanol–water partition coefficient (Wildman–Crippen LogP) is 3.31. The highest BCUT2D eigenvalue weighted by Gasteiger charge is 2.08. The molecule has 0 unspecified atom stereocenters. The number of ether oxygens (including phenoxy) is 1. The second-order valence-corrected chi connectivity index (χ2v) is 5.44. The summed E-state index contributed by atoms with van der Waals surface area (Å²) >= 11 is 5.95. The van der Waals surface area contributed by atoms with Crippen molar-refractivity contribution in [3.8, 4) is 5.75 Å². The van der Waals surface area contributed by atoms with E-state index in [2.05, 4.69) is 10.5 Å². The summed E-state index contributed by atoms with van der Waals surface area (Å²) in [5.74, 6) is -0.755. The molecule has 0 fully saturated rings. The number of hydrogen-bond donors (Lipinski definition) is 2. The number of oxime groups is 1. The minimum Gasteiger partial charge on any atom is -0.494 e. The van der Waals surface area contributed by atoms with Gasteiger partial charge in [-0.15, -0.1) is 0 Å². The highest BCUT2D eigenvalue weighted by atomic mass is 35.5. The van der Waals surface area contributed by atoms with Gasteiger partial charge in [-0.2, -0.15) is 0 Å². The van der Waals surface area contributed by atoms with Gasteiger partial charge in [-0.05, 0) is 29.8 Å². The van der Waals surface area contributed by atoms with Crippen LogP contribution in [0.5, 0.6) is 5.75 Å². The largest absolute Gasteiger partial charge is 0.494 e. The van der Waals surface area contributed by atoms with E-state index in [1.54, 1.807) is 30.3 Å². The van der Waals surface area contributed by atoms with Crippen molar-refractivity contribution in [2.24, 2.45) is 10.9 Å². The van der Waals surface area contributed by atoms with E-state index in [1.807, 2.05) is 0 Å². The molecular formula is C17H17ClFN3O3. The number of anilines is 1. The van der Waals surface area contributed by atoms with E-state index in [0.717, 1.165) is 0 Å². The molecule has 0 heterocycles. The zero-order valence-electron chi connectivity index (χ0n) is 13.5. The number of nitrogens with zero attached hydrogens (tertiary/aromatic N) is 1. The van der Waals surface area contributed by atoms with E-state index in [9.17, 15) is 9.18 Å². The number of carbonyl (C=O) groups is 1. The van der Waals surface area contributed by atoms with Gasteiger partial charge in [-0.25, -0.2) is 4.39 Å². The third-order valence-electron chi connectivity index (χ3n) is 3.12. The van der Waals surface area contributed by atoms with Crippen molar-refractivity contribution in [2.75, 3.05) is 12.4 Å². The molecule has 0 aliphatic rings. The molecule has 8 heteroatoms. The molecule has 0 radical (unpaired) electrons. The van der Waals surface area contributed by atoms with Gasteiger partial charge in [0.1, 0.15) is 12.4 Å². The van der Waals surface area contributed by atoms with Crippen molar-refractivity contribution in [2.45, 2.75) is 13.0 Å². The molecule has 2 rings (SSSR count). The number of methoxy groups -OCH3 is 1.